The average Bonchev–Trinajstić information content (AvgIpc) is 2.56. The summed E-state index contributed by atoms with van der Waals surface area (Å²) < 4.78 is 19.2. The molecule has 2 rings (SSSR count). The number of carbonyl (C=O) groups is 1. The average molecular weight is 344 g/mol. The second-order valence-electron chi connectivity index (χ2n) is 6.26. The van der Waals surface area contributed by atoms with E-state index >= 15 is 0 Å². The van der Waals surface area contributed by atoms with Gasteiger partial charge in [0.2, 0.25) is 5.91 Å². The topological polar surface area (TPSA) is 41.6 Å². The molecule has 1 N–H and O–H groups in total. The molecule has 0 heterocycles. The summed E-state index contributed by atoms with van der Waals surface area (Å²) in [5.41, 5.74) is 2.50. The monoisotopic (exact) mass is 344 g/mol. The Morgan fingerprint density at radius 1 is 1.20 bits per heavy atom. The highest BCUT2D eigenvalue weighted by Gasteiger charge is 2.07. The number of rotatable bonds is 8. The van der Waals surface area contributed by atoms with Crippen molar-refractivity contribution in [3.63, 3.8) is 0 Å². The number of aryl methyl sites for hydroxylation is 2. The van der Waals surface area contributed by atoms with E-state index in [1.54, 1.807) is 13.0 Å². The Kier molecular flexibility index (Phi) is 6.95. The van der Waals surface area contributed by atoms with E-state index in [9.17, 15) is 9.18 Å². The maximum Gasteiger partial charge on any atom is 0.234 e. The maximum atomic E-state index is 13.5. The van der Waals surface area contributed by atoms with Crippen LogP contribution in [0.15, 0.2) is 42.5 Å². The Balaban J connectivity index is 1.68. The molecule has 2 aromatic carbocycles. The molecule has 0 bridgehead atoms. The molecular formula is C20H25FN2O2. The summed E-state index contributed by atoms with van der Waals surface area (Å²) in [6.45, 7) is 5.47. The third-order valence-corrected chi connectivity index (χ3v) is 3.87. The first-order valence-electron chi connectivity index (χ1n) is 8.34. The minimum Gasteiger partial charge on any atom is -0.492 e. The van der Waals surface area contributed by atoms with E-state index in [1.807, 2.05) is 49.2 Å². The summed E-state index contributed by atoms with van der Waals surface area (Å²) in [5, 5.41) is 2.80. The normalized spacial score (nSPS) is 10.8. The minimum atomic E-state index is -0.253. The fourth-order valence-electron chi connectivity index (χ4n) is 2.35. The van der Waals surface area contributed by atoms with Crippen molar-refractivity contribution >= 4 is 5.91 Å². The first-order chi connectivity index (χ1) is 11.9. The van der Waals surface area contributed by atoms with Crippen LogP contribution in [0.25, 0.3) is 0 Å². The number of nitrogens with one attached hydrogen (secondary N) is 1. The number of carbonyl (C=O) groups excluding carboxylic acids is 1. The van der Waals surface area contributed by atoms with Gasteiger partial charge in [-0.1, -0.05) is 24.3 Å². The van der Waals surface area contributed by atoms with Gasteiger partial charge in [-0.2, -0.15) is 0 Å². The minimum absolute atomic E-state index is 0.0981. The second-order valence-corrected chi connectivity index (χ2v) is 6.26. The van der Waals surface area contributed by atoms with E-state index < -0.39 is 0 Å². The summed E-state index contributed by atoms with van der Waals surface area (Å²) in [7, 11) is 1.87. The second kappa shape index (κ2) is 9.18. The Labute approximate surface area is 148 Å². The molecule has 0 spiro atoms. The number of benzene rings is 2. The summed E-state index contributed by atoms with van der Waals surface area (Å²) in [6.07, 6.45) is 0. The number of hydrogen-bond donors (Lipinski definition) is 1. The third-order valence-electron chi connectivity index (χ3n) is 3.87. The maximum absolute atomic E-state index is 13.5. The molecule has 1 amide bonds. The zero-order valence-corrected chi connectivity index (χ0v) is 15.0. The standard InChI is InChI=1S/C20H25FN2O2/c1-15-5-4-6-18(11-15)25-10-9-23(3)14-20(24)22-13-17-8-7-16(2)19(21)12-17/h4-8,11-12H,9-10,13-14H2,1-3H3,(H,22,24). The van der Waals surface area contributed by atoms with Gasteiger partial charge in [0.1, 0.15) is 18.2 Å². The van der Waals surface area contributed by atoms with Crippen molar-refractivity contribution in [1.29, 1.82) is 0 Å². The van der Waals surface area contributed by atoms with Gasteiger partial charge in [0.15, 0.2) is 0 Å². The number of likely N-dealkylation sites (N-methyl/N-ethyl adjacent to an activating group) is 1. The van der Waals surface area contributed by atoms with E-state index in [2.05, 4.69) is 5.32 Å². The van der Waals surface area contributed by atoms with Crippen molar-refractivity contribution in [2.75, 3.05) is 26.7 Å². The van der Waals surface area contributed by atoms with Gasteiger partial charge in [-0.25, -0.2) is 4.39 Å². The van der Waals surface area contributed by atoms with Gasteiger partial charge < -0.3 is 10.1 Å². The van der Waals surface area contributed by atoms with E-state index in [1.165, 1.54) is 6.07 Å². The van der Waals surface area contributed by atoms with Crippen LogP contribution >= 0.6 is 0 Å². The van der Waals surface area contributed by atoms with Crippen molar-refractivity contribution in [1.82, 2.24) is 10.2 Å². The molecule has 0 saturated heterocycles. The van der Waals surface area contributed by atoms with Crippen LogP contribution in [0.5, 0.6) is 5.75 Å². The lowest BCUT2D eigenvalue weighted by Gasteiger charge is -2.17. The number of hydrogen-bond acceptors (Lipinski definition) is 3. The Morgan fingerprint density at radius 3 is 2.72 bits per heavy atom. The first kappa shape index (κ1) is 18.9. The highest BCUT2D eigenvalue weighted by atomic mass is 19.1. The zero-order valence-electron chi connectivity index (χ0n) is 15.0. The molecule has 0 aliphatic heterocycles. The highest BCUT2D eigenvalue weighted by molar-refractivity contribution is 5.77. The molecular weight excluding hydrogens is 319 g/mol. The smallest absolute Gasteiger partial charge is 0.234 e. The van der Waals surface area contributed by atoms with Crippen LogP contribution in [-0.4, -0.2) is 37.6 Å². The summed E-state index contributed by atoms with van der Waals surface area (Å²) in [6, 6.07) is 12.9. The van der Waals surface area contributed by atoms with Crippen LogP contribution in [-0.2, 0) is 11.3 Å². The summed E-state index contributed by atoms with van der Waals surface area (Å²) in [4.78, 5) is 13.9. The van der Waals surface area contributed by atoms with E-state index in [0.717, 1.165) is 16.9 Å². The van der Waals surface area contributed by atoms with Crippen molar-refractivity contribution in [3.05, 3.63) is 65.0 Å². The van der Waals surface area contributed by atoms with Crippen LogP contribution in [0.1, 0.15) is 16.7 Å². The molecule has 134 valence electrons. The molecule has 0 atom stereocenters. The number of ether oxygens (including phenoxy) is 1. The van der Waals surface area contributed by atoms with Crippen LogP contribution in [0.3, 0.4) is 0 Å². The van der Waals surface area contributed by atoms with E-state index in [-0.39, 0.29) is 18.3 Å². The van der Waals surface area contributed by atoms with Crippen LogP contribution in [0.2, 0.25) is 0 Å². The zero-order chi connectivity index (χ0) is 18.2. The third kappa shape index (κ3) is 6.55. The van der Waals surface area contributed by atoms with Crippen LogP contribution < -0.4 is 10.1 Å². The van der Waals surface area contributed by atoms with Gasteiger partial charge >= 0.3 is 0 Å². The summed E-state index contributed by atoms with van der Waals surface area (Å²) in [5.74, 6) is 0.482. The number of halogens is 1. The number of nitrogens with zero attached hydrogens (tertiary/aromatic N) is 1. The van der Waals surface area contributed by atoms with Gasteiger partial charge in [0.05, 0.1) is 6.54 Å². The van der Waals surface area contributed by atoms with Gasteiger partial charge in [-0.3, -0.25) is 9.69 Å². The lowest BCUT2D eigenvalue weighted by molar-refractivity contribution is -0.122. The fourth-order valence-corrected chi connectivity index (χ4v) is 2.35. The molecule has 0 aromatic heterocycles. The molecule has 0 aliphatic carbocycles. The van der Waals surface area contributed by atoms with Gasteiger partial charge in [-0.15, -0.1) is 0 Å². The van der Waals surface area contributed by atoms with E-state index in [4.69, 9.17) is 4.74 Å². The Hall–Kier alpha value is -2.40. The first-order valence-corrected chi connectivity index (χ1v) is 8.34. The molecule has 4 nitrogen and oxygen atoms in total. The summed E-state index contributed by atoms with van der Waals surface area (Å²) >= 11 is 0. The fraction of sp³-hybridized carbons (Fsp3) is 0.350. The van der Waals surface area contributed by atoms with Crippen LogP contribution in [0, 0.1) is 19.7 Å². The lowest BCUT2D eigenvalue weighted by atomic mass is 10.1. The quantitative estimate of drug-likeness (QED) is 0.800. The molecule has 25 heavy (non-hydrogen) atoms. The molecule has 0 saturated carbocycles. The van der Waals surface area contributed by atoms with Gasteiger partial charge in [0, 0.05) is 13.1 Å². The molecule has 0 aliphatic rings. The Morgan fingerprint density at radius 2 is 2.00 bits per heavy atom. The van der Waals surface area contributed by atoms with Crippen molar-refractivity contribution in [2.24, 2.45) is 0 Å². The molecule has 5 heteroatoms. The predicted molar refractivity (Wildman–Crippen MR) is 97.2 cm³/mol. The SMILES string of the molecule is Cc1cccc(OCCN(C)CC(=O)NCc2ccc(C)c(F)c2)c1. The van der Waals surface area contributed by atoms with E-state index in [0.29, 0.717) is 25.3 Å². The number of amides is 1. The highest BCUT2D eigenvalue weighted by Crippen LogP contribution is 2.12. The van der Waals surface area contributed by atoms with Gasteiger partial charge in [0.25, 0.3) is 0 Å². The largest absolute Gasteiger partial charge is 0.492 e. The van der Waals surface area contributed by atoms with Crippen molar-refractivity contribution < 1.29 is 13.9 Å². The molecule has 0 radical (unpaired) electrons. The molecule has 0 fully saturated rings. The van der Waals surface area contributed by atoms with Crippen LogP contribution in [0.4, 0.5) is 4.39 Å². The predicted octanol–water partition coefficient (Wildman–Crippen LogP) is 3.07. The van der Waals surface area contributed by atoms with Crippen molar-refractivity contribution in [2.45, 2.75) is 20.4 Å². The van der Waals surface area contributed by atoms with Crippen molar-refractivity contribution in [3.8, 4) is 5.75 Å². The lowest BCUT2D eigenvalue weighted by Crippen LogP contribution is -2.36. The molecule has 2 aromatic rings. The van der Waals surface area contributed by atoms with Gasteiger partial charge in [-0.05, 0) is 55.8 Å². The molecule has 0 unspecified atom stereocenters. The Bertz CT molecular complexity index is 719.